The first-order valence-corrected chi connectivity index (χ1v) is 5.23. The molecule has 0 aliphatic rings. The molecule has 0 amide bonds. The second-order valence-electron chi connectivity index (χ2n) is 3.85. The maximum absolute atomic E-state index is 11.5. The van der Waals surface area contributed by atoms with E-state index in [2.05, 4.69) is 16.9 Å². The zero-order chi connectivity index (χ0) is 10.6. The van der Waals surface area contributed by atoms with Crippen molar-refractivity contribution in [2.75, 3.05) is 0 Å². The van der Waals surface area contributed by atoms with Crippen LogP contribution >= 0.6 is 0 Å². The molecule has 0 unspecified atom stereocenters. The molecule has 0 aromatic carbocycles. The summed E-state index contributed by atoms with van der Waals surface area (Å²) in [6.45, 7) is 6.20. The van der Waals surface area contributed by atoms with Gasteiger partial charge in [0.1, 0.15) is 0 Å². The lowest BCUT2D eigenvalue weighted by Crippen LogP contribution is -2.18. The molecule has 0 saturated carbocycles. The van der Waals surface area contributed by atoms with Gasteiger partial charge < -0.3 is 4.98 Å². The van der Waals surface area contributed by atoms with Gasteiger partial charge in [-0.25, -0.2) is 4.98 Å². The number of rotatable bonds is 4. The van der Waals surface area contributed by atoms with E-state index < -0.39 is 0 Å². The van der Waals surface area contributed by atoms with Gasteiger partial charge in [-0.3, -0.25) is 4.79 Å². The minimum absolute atomic E-state index is 0.0149. The number of hydrogen-bond acceptors (Lipinski definition) is 2. The summed E-state index contributed by atoms with van der Waals surface area (Å²) in [5, 5.41) is 0. The summed E-state index contributed by atoms with van der Waals surface area (Å²) in [7, 11) is 0. The molecule has 0 atom stereocenters. The zero-order valence-corrected chi connectivity index (χ0v) is 9.13. The molecule has 3 nitrogen and oxygen atoms in total. The summed E-state index contributed by atoms with van der Waals surface area (Å²) in [5.74, 6) is 0.249. The highest BCUT2D eigenvalue weighted by Crippen LogP contribution is 2.14. The van der Waals surface area contributed by atoms with Crippen LogP contribution in [-0.2, 0) is 6.42 Å². The van der Waals surface area contributed by atoms with E-state index in [1.807, 2.05) is 13.8 Å². The Labute approximate surface area is 84.6 Å². The number of aromatic nitrogens is 2. The maximum atomic E-state index is 11.5. The van der Waals surface area contributed by atoms with Gasteiger partial charge in [0, 0.05) is 5.56 Å². The Hall–Kier alpha value is -1.12. The zero-order valence-electron chi connectivity index (χ0n) is 9.13. The van der Waals surface area contributed by atoms with Gasteiger partial charge in [-0.05, 0) is 18.8 Å². The normalized spacial score (nSPS) is 10.9. The molecule has 3 heteroatoms. The smallest absolute Gasteiger partial charge is 0.254 e. The molecular formula is C11H18N2O. The van der Waals surface area contributed by atoms with Gasteiger partial charge in [-0.1, -0.05) is 27.2 Å². The molecule has 1 aromatic rings. The fraction of sp³-hybridized carbons (Fsp3) is 0.636. The Kier molecular flexibility index (Phi) is 3.86. The predicted molar refractivity (Wildman–Crippen MR) is 57.6 cm³/mol. The highest BCUT2D eigenvalue weighted by molar-refractivity contribution is 5.19. The van der Waals surface area contributed by atoms with E-state index >= 15 is 0 Å². The monoisotopic (exact) mass is 194 g/mol. The number of nitrogens with zero attached hydrogens (tertiary/aromatic N) is 1. The molecule has 0 saturated heterocycles. The average molecular weight is 194 g/mol. The second kappa shape index (κ2) is 4.94. The Morgan fingerprint density at radius 1 is 1.50 bits per heavy atom. The van der Waals surface area contributed by atoms with E-state index in [1.54, 1.807) is 0 Å². The first kappa shape index (κ1) is 11.0. The molecule has 1 aromatic heterocycles. The van der Waals surface area contributed by atoms with Gasteiger partial charge in [0.15, 0.2) is 0 Å². The second-order valence-corrected chi connectivity index (χ2v) is 3.85. The molecule has 0 radical (unpaired) electrons. The predicted octanol–water partition coefficient (Wildman–Crippen LogP) is 2.24. The topological polar surface area (TPSA) is 45.8 Å². The molecule has 0 fully saturated rings. The van der Waals surface area contributed by atoms with Crippen LogP contribution in [0, 0.1) is 0 Å². The standard InChI is InChI=1S/C11H18N2O/c1-4-5-6-9-10(8(2)3)11(14)13-7-12-9/h7-8H,4-6H2,1-3H3,(H,12,13,14). The van der Waals surface area contributed by atoms with Crippen LogP contribution in [0.5, 0.6) is 0 Å². The van der Waals surface area contributed by atoms with E-state index in [0.29, 0.717) is 0 Å². The Bertz CT molecular complexity index is 341. The third-order valence-electron chi connectivity index (χ3n) is 2.32. The lowest BCUT2D eigenvalue weighted by molar-refractivity contribution is 0.730. The SMILES string of the molecule is CCCCc1nc[nH]c(=O)c1C(C)C. The lowest BCUT2D eigenvalue weighted by atomic mass is 10.00. The van der Waals surface area contributed by atoms with Crippen LogP contribution in [0.4, 0.5) is 0 Å². The van der Waals surface area contributed by atoms with Crippen molar-refractivity contribution >= 4 is 0 Å². The summed E-state index contributed by atoms with van der Waals surface area (Å²) in [4.78, 5) is 18.4. The van der Waals surface area contributed by atoms with Gasteiger partial charge in [-0.15, -0.1) is 0 Å². The van der Waals surface area contributed by atoms with Crippen molar-refractivity contribution in [2.45, 2.75) is 46.0 Å². The summed E-state index contributed by atoms with van der Waals surface area (Å²) < 4.78 is 0. The fourth-order valence-corrected chi connectivity index (χ4v) is 1.59. The van der Waals surface area contributed by atoms with E-state index in [0.717, 1.165) is 30.5 Å². The van der Waals surface area contributed by atoms with Gasteiger partial charge in [0.05, 0.1) is 12.0 Å². The third-order valence-corrected chi connectivity index (χ3v) is 2.32. The third kappa shape index (κ3) is 2.44. The van der Waals surface area contributed by atoms with Crippen molar-refractivity contribution in [3.8, 4) is 0 Å². The van der Waals surface area contributed by atoms with Crippen LogP contribution in [0.25, 0.3) is 0 Å². The van der Waals surface area contributed by atoms with E-state index in [9.17, 15) is 4.79 Å². The van der Waals surface area contributed by atoms with E-state index in [-0.39, 0.29) is 11.5 Å². The van der Waals surface area contributed by atoms with Crippen molar-refractivity contribution in [1.82, 2.24) is 9.97 Å². The highest BCUT2D eigenvalue weighted by Gasteiger charge is 2.11. The largest absolute Gasteiger partial charge is 0.313 e. The van der Waals surface area contributed by atoms with Crippen LogP contribution in [-0.4, -0.2) is 9.97 Å². The Morgan fingerprint density at radius 2 is 2.21 bits per heavy atom. The van der Waals surface area contributed by atoms with Crippen molar-refractivity contribution in [2.24, 2.45) is 0 Å². The Balaban J connectivity index is 3.02. The van der Waals surface area contributed by atoms with Crippen LogP contribution < -0.4 is 5.56 Å². The van der Waals surface area contributed by atoms with Gasteiger partial charge in [-0.2, -0.15) is 0 Å². The van der Waals surface area contributed by atoms with Crippen molar-refractivity contribution in [1.29, 1.82) is 0 Å². The molecule has 1 heterocycles. The van der Waals surface area contributed by atoms with Gasteiger partial charge in [0.2, 0.25) is 0 Å². The minimum atomic E-state index is 0.0149. The van der Waals surface area contributed by atoms with Gasteiger partial charge in [0.25, 0.3) is 5.56 Å². The maximum Gasteiger partial charge on any atom is 0.254 e. The number of nitrogens with one attached hydrogen (secondary N) is 1. The van der Waals surface area contributed by atoms with E-state index in [4.69, 9.17) is 0 Å². The molecule has 1 N–H and O–H groups in total. The van der Waals surface area contributed by atoms with Gasteiger partial charge >= 0.3 is 0 Å². The van der Waals surface area contributed by atoms with Crippen molar-refractivity contribution in [3.05, 3.63) is 27.9 Å². The highest BCUT2D eigenvalue weighted by atomic mass is 16.1. The molecule has 0 spiro atoms. The van der Waals surface area contributed by atoms with Crippen molar-refractivity contribution < 1.29 is 0 Å². The number of aryl methyl sites for hydroxylation is 1. The molecular weight excluding hydrogens is 176 g/mol. The summed E-state index contributed by atoms with van der Waals surface area (Å²) in [5.41, 5.74) is 1.83. The molecule has 14 heavy (non-hydrogen) atoms. The quantitative estimate of drug-likeness (QED) is 0.799. The first-order valence-electron chi connectivity index (χ1n) is 5.23. The first-order chi connectivity index (χ1) is 6.66. The summed E-state index contributed by atoms with van der Waals surface area (Å²) >= 11 is 0. The van der Waals surface area contributed by atoms with Crippen LogP contribution in [0.2, 0.25) is 0 Å². The van der Waals surface area contributed by atoms with Crippen LogP contribution in [0.15, 0.2) is 11.1 Å². The molecule has 0 bridgehead atoms. The minimum Gasteiger partial charge on any atom is -0.313 e. The van der Waals surface area contributed by atoms with Crippen LogP contribution in [0.1, 0.15) is 50.8 Å². The summed E-state index contributed by atoms with van der Waals surface area (Å²) in [6, 6.07) is 0. The molecule has 0 aliphatic heterocycles. The van der Waals surface area contributed by atoms with E-state index in [1.165, 1.54) is 6.33 Å². The molecule has 78 valence electrons. The average Bonchev–Trinajstić information content (AvgIpc) is 2.14. The molecule has 0 aliphatic carbocycles. The molecule has 1 rings (SSSR count). The lowest BCUT2D eigenvalue weighted by Gasteiger charge is -2.09. The van der Waals surface area contributed by atoms with Crippen LogP contribution in [0.3, 0.4) is 0 Å². The summed E-state index contributed by atoms with van der Waals surface area (Å²) in [6.07, 6.45) is 4.63. The fourth-order valence-electron chi connectivity index (χ4n) is 1.59. The number of H-pyrrole nitrogens is 1. The number of unbranched alkanes of at least 4 members (excludes halogenated alkanes) is 1. The number of aromatic amines is 1. The number of hydrogen-bond donors (Lipinski definition) is 1. The Morgan fingerprint density at radius 3 is 2.79 bits per heavy atom. The van der Waals surface area contributed by atoms with Crippen molar-refractivity contribution in [3.63, 3.8) is 0 Å².